The Labute approximate surface area is 429 Å². The molecule has 2 aliphatic carbocycles. The summed E-state index contributed by atoms with van der Waals surface area (Å²) in [6, 6.07) is 38.6. The number of ketones is 2. The van der Waals surface area contributed by atoms with Crippen molar-refractivity contribution in [2.45, 2.75) is 10.8 Å². The molecule has 13 heteroatoms. The van der Waals surface area contributed by atoms with E-state index in [-0.39, 0.29) is 28.3 Å². The van der Waals surface area contributed by atoms with Crippen molar-refractivity contribution in [1.82, 2.24) is 9.97 Å². The van der Waals surface area contributed by atoms with Gasteiger partial charge in [-0.1, -0.05) is 97.1 Å². The Morgan fingerprint density at radius 1 is 0.438 bits per heavy atom. The largest absolute Gasteiger partial charge is 2.00 e. The predicted molar refractivity (Wildman–Crippen MR) is 275 cm³/mol. The number of allylic oxidation sites excluding steroid dienone is 4. The van der Waals surface area contributed by atoms with Crippen LogP contribution in [0.3, 0.4) is 0 Å². The average molecular weight is 1010 g/mol. The normalized spacial score (nSPS) is 20.8. The van der Waals surface area contributed by atoms with Gasteiger partial charge in [-0.15, -0.1) is 22.8 Å². The molecule has 13 rings (SSSR count). The van der Waals surface area contributed by atoms with E-state index >= 15 is 9.59 Å². The van der Waals surface area contributed by atoms with Gasteiger partial charge in [0, 0.05) is 11.1 Å². The Hall–Kier alpha value is -8.65. The number of carbonyl (C=O) groups is 2. The van der Waals surface area contributed by atoms with Crippen LogP contribution in [0.5, 0.6) is 34.5 Å². The number of nitrogens with zero attached hydrogens (tertiary/aromatic N) is 4. The van der Waals surface area contributed by atoms with Gasteiger partial charge in [0.2, 0.25) is 11.5 Å². The zero-order valence-electron chi connectivity index (χ0n) is 40.2. The van der Waals surface area contributed by atoms with Crippen LogP contribution in [0.4, 0.5) is 0 Å². The van der Waals surface area contributed by atoms with Crippen molar-refractivity contribution in [2.75, 3.05) is 42.7 Å². The van der Waals surface area contributed by atoms with Crippen molar-refractivity contribution in [2.24, 2.45) is 9.98 Å². The van der Waals surface area contributed by atoms with E-state index in [4.69, 9.17) is 48.4 Å². The molecule has 2 aromatic heterocycles. The summed E-state index contributed by atoms with van der Waals surface area (Å²) in [5.74, 6) is 2.16. The van der Waals surface area contributed by atoms with E-state index in [1.807, 2.05) is 146 Å². The van der Waals surface area contributed by atoms with Crippen LogP contribution in [-0.4, -0.2) is 65.6 Å². The Morgan fingerprint density at radius 2 is 0.808 bits per heavy atom. The molecule has 8 aromatic rings. The van der Waals surface area contributed by atoms with Gasteiger partial charge in [-0.05, 0) is 104 Å². The van der Waals surface area contributed by atoms with Gasteiger partial charge in [0.25, 0.3) is 0 Å². The molecule has 2 spiro atoms. The monoisotopic (exact) mass is 1010 g/mol. The van der Waals surface area contributed by atoms with Crippen LogP contribution in [-0.2, 0) is 27.6 Å². The molecular weight excluding hydrogens is 964 g/mol. The van der Waals surface area contributed by atoms with E-state index < -0.39 is 10.8 Å². The number of fused-ring (bicyclic) bond motifs is 12. The Kier molecular flexibility index (Phi) is 10.4. The van der Waals surface area contributed by atoms with E-state index in [2.05, 4.69) is 0 Å². The van der Waals surface area contributed by atoms with Gasteiger partial charge in [0.15, 0.2) is 34.6 Å². The molecular formula is C60H42CoN4O8. The standard InChI is InChI=1S/C60H42N4O8.Co/c1-67-43-27-33(28-44(68-2)55(43)71-5)53-39-19-23-47(61-39)59(37-17-9-13-31-11-7-15-35(51(31)37)57(59)65)49-25-21-41(63-49)54(34-29-45(69-3)56(72-6)46(30-34)70-4)42-22-26-50(64-42)60(48-24-20-40(53)62-48)38-18-10-14-32-12-8-16-36(52(32)38)58(60)66;/h7-30H,1-6H3;/q-2;+2/t59-,60-;. The van der Waals surface area contributed by atoms with Crippen LogP contribution in [0, 0.1) is 0 Å². The van der Waals surface area contributed by atoms with Gasteiger partial charge in [0.05, 0.1) is 65.5 Å². The number of aliphatic imine (C=N–C) groups is 2. The Balaban J connectivity index is 0.00000543. The Bertz CT molecular complexity index is 3650. The van der Waals surface area contributed by atoms with E-state index in [0.29, 0.717) is 113 Å². The molecule has 5 aliphatic rings. The summed E-state index contributed by atoms with van der Waals surface area (Å²) >= 11 is 0. The molecule has 5 heterocycles. The molecule has 359 valence electrons. The van der Waals surface area contributed by atoms with E-state index in [1.165, 1.54) is 0 Å². The summed E-state index contributed by atoms with van der Waals surface area (Å²) in [5, 5.41) is 3.52. The first-order valence-corrected chi connectivity index (χ1v) is 23.3. The predicted octanol–water partition coefficient (Wildman–Crippen LogP) is 10.2. The molecule has 0 N–H and O–H groups in total. The van der Waals surface area contributed by atoms with Gasteiger partial charge in [0.1, 0.15) is 10.8 Å². The molecule has 0 saturated carbocycles. The second-order valence-electron chi connectivity index (χ2n) is 18.0. The second kappa shape index (κ2) is 16.7. The molecule has 12 nitrogen and oxygen atoms in total. The molecule has 0 unspecified atom stereocenters. The number of methoxy groups -OCH3 is 6. The first-order valence-electron chi connectivity index (χ1n) is 23.3. The molecule has 0 saturated heterocycles. The van der Waals surface area contributed by atoms with Crippen LogP contribution in [0.2, 0.25) is 0 Å². The zero-order chi connectivity index (χ0) is 49.2. The van der Waals surface area contributed by atoms with E-state index in [0.717, 1.165) is 32.7 Å². The SMILES string of the molecule is COc1cc(/C2=C3\C=CC(=N3)[C@]3(C(=O)c4cccc5cccc3c45)c3ccc([n-]3)/C(c3cc(OC)c(OC)c(OC)c3)=C3/C=CC(=N3)[C@@]3(C(=O)c4cccc5cccc3c45)c3ccc2[n-]3)cc(OC)c1OC.[Co+2]. The third-order valence-electron chi connectivity index (χ3n) is 14.8. The number of benzene rings is 6. The van der Waals surface area contributed by atoms with Crippen molar-refractivity contribution in [3.8, 4) is 34.5 Å². The first kappa shape index (κ1) is 45.5. The summed E-state index contributed by atoms with van der Waals surface area (Å²) in [6.07, 6.45) is 7.63. The minimum atomic E-state index is -1.50. The number of rotatable bonds is 8. The van der Waals surface area contributed by atoms with Crippen molar-refractivity contribution in [1.29, 1.82) is 0 Å². The van der Waals surface area contributed by atoms with Crippen molar-refractivity contribution in [3.05, 3.63) is 213 Å². The van der Waals surface area contributed by atoms with Gasteiger partial charge in [-0.3, -0.25) is 19.6 Å². The average Bonchev–Trinajstić information content (AvgIpc) is 4.31. The van der Waals surface area contributed by atoms with Crippen LogP contribution in [0.25, 0.3) is 32.7 Å². The molecule has 2 atom stereocenters. The van der Waals surface area contributed by atoms with Crippen molar-refractivity contribution < 1.29 is 54.8 Å². The van der Waals surface area contributed by atoms with Crippen LogP contribution >= 0.6 is 0 Å². The third-order valence-corrected chi connectivity index (χ3v) is 14.8. The van der Waals surface area contributed by atoms with Crippen molar-refractivity contribution in [3.63, 3.8) is 0 Å². The molecule has 6 aromatic carbocycles. The maximum absolute atomic E-state index is 15.8. The maximum atomic E-state index is 15.8. The fourth-order valence-electron chi connectivity index (χ4n) is 11.8. The summed E-state index contributed by atoms with van der Waals surface area (Å²) in [4.78, 5) is 53.6. The first-order chi connectivity index (χ1) is 35.2. The second-order valence-corrected chi connectivity index (χ2v) is 18.0. The van der Waals surface area contributed by atoms with Gasteiger partial charge < -0.3 is 38.4 Å². The maximum Gasteiger partial charge on any atom is 2.00 e. The number of carbonyl (C=O) groups excluding carboxylic acids is 2. The van der Waals surface area contributed by atoms with Crippen molar-refractivity contribution >= 4 is 55.7 Å². The summed E-state index contributed by atoms with van der Waals surface area (Å²) in [6.45, 7) is 0. The molecule has 8 bridgehead atoms. The molecule has 73 heavy (non-hydrogen) atoms. The number of hydrogen-bond acceptors (Lipinski definition) is 10. The minimum absolute atomic E-state index is 0. The fraction of sp³-hybridized carbons (Fsp3) is 0.133. The third kappa shape index (κ3) is 6.00. The number of aromatic nitrogens is 2. The molecule has 0 fully saturated rings. The van der Waals surface area contributed by atoms with Gasteiger partial charge in [-0.2, -0.15) is 0 Å². The molecule has 3 aliphatic heterocycles. The van der Waals surface area contributed by atoms with Crippen LogP contribution in [0.15, 0.2) is 167 Å². The number of Topliss-reactive ketones (excluding diaryl/α,β-unsaturated/α-hetero) is 2. The van der Waals surface area contributed by atoms with E-state index in [9.17, 15) is 0 Å². The van der Waals surface area contributed by atoms with E-state index in [1.54, 1.807) is 42.7 Å². The number of hydrogen-bond donors (Lipinski definition) is 0. The summed E-state index contributed by atoms with van der Waals surface area (Å²) < 4.78 is 35.2. The minimum Gasteiger partial charge on any atom is -0.659 e. The zero-order valence-corrected chi connectivity index (χ0v) is 41.3. The summed E-state index contributed by atoms with van der Waals surface area (Å²) in [5.41, 5.74) is 6.02. The fourth-order valence-corrected chi connectivity index (χ4v) is 11.8. The quantitative estimate of drug-likeness (QED) is 0.144. The molecule has 0 amide bonds. The number of ether oxygens (including phenoxy) is 6. The topological polar surface area (TPSA) is 142 Å². The van der Waals surface area contributed by atoms with Crippen LogP contribution in [0.1, 0.15) is 65.7 Å². The van der Waals surface area contributed by atoms with Gasteiger partial charge >= 0.3 is 16.8 Å². The Morgan fingerprint density at radius 3 is 1.16 bits per heavy atom. The summed E-state index contributed by atoms with van der Waals surface area (Å²) in [7, 11) is 9.38. The smallest absolute Gasteiger partial charge is 0.659 e. The molecule has 1 radical (unpaired) electrons. The van der Waals surface area contributed by atoms with Gasteiger partial charge in [-0.25, -0.2) is 0 Å². The van der Waals surface area contributed by atoms with Crippen LogP contribution < -0.4 is 38.4 Å².